The van der Waals surface area contributed by atoms with Crippen molar-refractivity contribution >= 4 is 42.0 Å². The van der Waals surface area contributed by atoms with Crippen LogP contribution in [0.5, 0.6) is 0 Å². The molecule has 20 nitrogen and oxygen atoms in total. The molecule has 0 aliphatic heterocycles. The van der Waals surface area contributed by atoms with Crippen molar-refractivity contribution in [3.8, 4) is 0 Å². The van der Waals surface area contributed by atoms with Gasteiger partial charge in [0.15, 0.2) is 17.2 Å². The van der Waals surface area contributed by atoms with E-state index in [9.17, 15) is 38.7 Å². The van der Waals surface area contributed by atoms with Gasteiger partial charge in [-0.2, -0.15) is 5.21 Å². The lowest BCUT2D eigenvalue weighted by molar-refractivity contribution is -0.142. The number of rotatable bonds is 21. The fourth-order valence-electron chi connectivity index (χ4n) is 3.13. The summed E-state index contributed by atoms with van der Waals surface area (Å²) in [6.07, 6.45) is 0. The third kappa shape index (κ3) is 13.0. The number of nitrogens with zero attached hydrogens (tertiary/aromatic N) is 5. The number of carboxylic acids is 3. The Morgan fingerprint density at radius 2 is 1.26 bits per heavy atom. The van der Waals surface area contributed by atoms with Crippen molar-refractivity contribution in [3.63, 3.8) is 0 Å². The van der Waals surface area contributed by atoms with E-state index in [1.54, 1.807) is 5.43 Å². The minimum atomic E-state index is -1.25. The number of carbonyl (C=O) groups is 7. The van der Waals surface area contributed by atoms with Crippen molar-refractivity contribution in [3.05, 3.63) is 11.4 Å². The molecule has 39 heavy (non-hydrogen) atoms. The summed E-state index contributed by atoms with van der Waals surface area (Å²) in [5.41, 5.74) is 0.959. The average Bonchev–Trinajstić information content (AvgIpc) is 3.35. The highest BCUT2D eigenvalue weighted by molar-refractivity contribution is 6.05. The summed E-state index contributed by atoms with van der Waals surface area (Å²) in [6.45, 7) is -2.67. The van der Waals surface area contributed by atoms with Crippen molar-refractivity contribution in [2.45, 2.75) is 0 Å². The number of nitrogens with one attached hydrogen (secondary N) is 3. The van der Waals surface area contributed by atoms with E-state index < -0.39 is 79.6 Å². The van der Waals surface area contributed by atoms with Crippen molar-refractivity contribution in [1.82, 2.24) is 40.9 Å². The van der Waals surface area contributed by atoms with Gasteiger partial charge in [0.2, 0.25) is 0 Å². The van der Waals surface area contributed by atoms with Crippen LogP contribution in [0.3, 0.4) is 0 Å². The van der Waals surface area contributed by atoms with E-state index >= 15 is 0 Å². The number of amides is 2. The van der Waals surface area contributed by atoms with E-state index in [0.717, 1.165) is 4.90 Å². The molecule has 216 valence electrons. The number of ether oxygens (including phenoxy) is 1. The highest BCUT2D eigenvalue weighted by Crippen LogP contribution is 2.01. The second-order valence-electron chi connectivity index (χ2n) is 7.83. The third-order valence-electron chi connectivity index (χ3n) is 4.82. The largest absolute Gasteiger partial charge is 0.480 e. The molecule has 0 unspecified atom stereocenters. The molecule has 0 radical (unpaired) electrons. The van der Waals surface area contributed by atoms with Crippen LogP contribution < -0.4 is 16.6 Å². The molecule has 0 atom stereocenters. The van der Waals surface area contributed by atoms with E-state index in [1.807, 2.05) is 0 Å². The number of hydrogen-bond donors (Lipinski definition) is 7. The molecule has 1 heterocycles. The summed E-state index contributed by atoms with van der Waals surface area (Å²) in [5, 5.41) is 38.5. The maximum absolute atomic E-state index is 12.4. The fraction of sp³-hybridized carbons (Fsp3) is 0.526. The highest BCUT2D eigenvalue weighted by atomic mass is 16.5. The lowest BCUT2D eigenvalue weighted by atomic mass is 10.2. The number of hydrogen-bond acceptors (Lipinski definition) is 14. The van der Waals surface area contributed by atoms with Crippen LogP contribution in [0.4, 0.5) is 0 Å². The number of carbonyl (C=O) groups excluding carboxylic acids is 4. The van der Waals surface area contributed by atoms with Gasteiger partial charge < -0.3 is 25.4 Å². The second kappa shape index (κ2) is 17.1. The summed E-state index contributed by atoms with van der Waals surface area (Å²) in [7, 11) is 0. The molecule has 0 saturated heterocycles. The van der Waals surface area contributed by atoms with E-state index in [1.165, 1.54) is 9.80 Å². The topological polar surface area (TPSA) is 291 Å². The van der Waals surface area contributed by atoms with Crippen molar-refractivity contribution < 1.29 is 53.6 Å². The average molecular weight is 559 g/mol. The van der Waals surface area contributed by atoms with Crippen LogP contribution >= 0.6 is 0 Å². The summed E-state index contributed by atoms with van der Waals surface area (Å²) >= 11 is 0. The van der Waals surface area contributed by atoms with Gasteiger partial charge in [-0.1, -0.05) is 0 Å². The van der Waals surface area contributed by atoms with Crippen LogP contribution in [-0.4, -0.2) is 153 Å². The van der Waals surface area contributed by atoms with Gasteiger partial charge in [-0.05, 0) is 0 Å². The number of H-pyrrole nitrogens is 1. The molecule has 0 spiro atoms. The Kier molecular flexibility index (Phi) is 14.2. The van der Waals surface area contributed by atoms with Gasteiger partial charge in [-0.3, -0.25) is 53.7 Å². The zero-order chi connectivity index (χ0) is 29.4. The first-order chi connectivity index (χ1) is 18.5. The van der Waals surface area contributed by atoms with Crippen LogP contribution in [0.25, 0.3) is 0 Å². The lowest BCUT2D eigenvalue weighted by Gasteiger charge is -2.27. The number of carboxylic acid groups (broad SMARTS) is 3. The highest BCUT2D eigenvalue weighted by Gasteiger charge is 2.23. The van der Waals surface area contributed by atoms with E-state index in [2.05, 4.69) is 20.7 Å². The van der Waals surface area contributed by atoms with Gasteiger partial charge in [0.1, 0.15) is 6.73 Å². The molecule has 0 bridgehead atoms. The monoisotopic (exact) mass is 559 g/mol. The molecule has 1 aromatic heterocycles. The molecular weight excluding hydrogens is 530 g/mol. The Bertz CT molecular complexity index is 1020. The molecule has 0 fully saturated rings. The molecule has 20 heteroatoms. The first kappa shape index (κ1) is 32.5. The number of nitrogens with two attached hydrogens (primary N) is 1. The minimum Gasteiger partial charge on any atom is -0.480 e. The molecule has 0 aromatic carbocycles. The fourth-order valence-corrected chi connectivity index (χ4v) is 3.13. The van der Waals surface area contributed by atoms with Crippen molar-refractivity contribution in [2.75, 3.05) is 65.6 Å². The smallest absolute Gasteiger partial charge is 0.317 e. The molecular formula is C19H29N9O11. The standard InChI is InChI=1S/C19H29N9O11/c20-22-19(38)17-16(23-25-24-17)18(37)21-5-12(30)6-27(7-13(31)32)3-1-26(10-39-11-29)2-4-28(8-14(33)34)9-15(35)36/h11H,1-10,20H2,(H,21,37)(H,22,38)(H,31,32)(H,33,34)(H,35,36)(H,23,24,25). The summed E-state index contributed by atoms with van der Waals surface area (Å²) in [6, 6.07) is 0. The second-order valence-corrected chi connectivity index (χ2v) is 7.83. The Labute approximate surface area is 220 Å². The molecule has 0 saturated carbocycles. The molecule has 2 amide bonds. The zero-order valence-corrected chi connectivity index (χ0v) is 20.6. The number of ketones is 1. The molecule has 1 rings (SSSR count). The molecule has 0 aliphatic rings. The SMILES string of the molecule is NNC(=O)c1n[nH]nc1C(=O)NCC(=O)CN(CCN(CCN(CC(=O)O)CC(=O)O)COC=O)CC(=O)O. The first-order valence-corrected chi connectivity index (χ1v) is 11.1. The predicted octanol–water partition coefficient (Wildman–Crippen LogP) is -5.00. The van der Waals surface area contributed by atoms with Crippen LogP contribution in [0, 0.1) is 0 Å². The summed E-state index contributed by atoms with van der Waals surface area (Å²) < 4.78 is 4.71. The van der Waals surface area contributed by atoms with Crippen LogP contribution in [0.2, 0.25) is 0 Å². The summed E-state index contributed by atoms with van der Waals surface area (Å²) in [5.74, 6) is -1.15. The number of aromatic amines is 1. The number of aromatic nitrogens is 3. The van der Waals surface area contributed by atoms with E-state index in [0.29, 0.717) is 0 Å². The number of nitrogen functional groups attached to an aromatic ring is 1. The Hall–Kier alpha value is -4.53. The van der Waals surface area contributed by atoms with Gasteiger partial charge >= 0.3 is 17.9 Å². The lowest BCUT2D eigenvalue weighted by Crippen LogP contribution is -2.45. The first-order valence-electron chi connectivity index (χ1n) is 11.1. The zero-order valence-electron chi connectivity index (χ0n) is 20.6. The van der Waals surface area contributed by atoms with Crippen LogP contribution in [-0.2, 0) is 28.7 Å². The molecule has 8 N–H and O–H groups in total. The number of hydrazine groups is 1. The predicted molar refractivity (Wildman–Crippen MR) is 125 cm³/mol. The number of aliphatic carboxylic acids is 3. The molecule has 1 aromatic rings. The maximum atomic E-state index is 12.4. The Morgan fingerprint density at radius 3 is 1.72 bits per heavy atom. The van der Waals surface area contributed by atoms with Gasteiger partial charge in [-0.15, -0.1) is 10.2 Å². The van der Waals surface area contributed by atoms with Gasteiger partial charge in [0, 0.05) is 26.2 Å². The van der Waals surface area contributed by atoms with E-state index in [-0.39, 0.29) is 39.4 Å². The Morgan fingerprint density at radius 1 is 0.795 bits per heavy atom. The van der Waals surface area contributed by atoms with Crippen molar-refractivity contribution in [1.29, 1.82) is 0 Å². The summed E-state index contributed by atoms with van der Waals surface area (Å²) in [4.78, 5) is 84.0. The van der Waals surface area contributed by atoms with Crippen molar-refractivity contribution in [2.24, 2.45) is 5.84 Å². The van der Waals surface area contributed by atoms with Gasteiger partial charge in [0.05, 0.1) is 32.7 Å². The number of Topliss-reactive ketones (excluding diaryl/α,β-unsaturated/α-hetero) is 1. The van der Waals surface area contributed by atoms with E-state index in [4.69, 9.17) is 20.8 Å². The molecule has 0 aliphatic carbocycles. The maximum Gasteiger partial charge on any atom is 0.317 e. The minimum absolute atomic E-state index is 0.0308. The normalized spacial score (nSPS) is 10.9. The van der Waals surface area contributed by atoms with Crippen LogP contribution in [0.15, 0.2) is 0 Å². The third-order valence-corrected chi connectivity index (χ3v) is 4.82. The van der Waals surface area contributed by atoms with Crippen LogP contribution in [0.1, 0.15) is 21.0 Å². The van der Waals surface area contributed by atoms with Gasteiger partial charge in [0.25, 0.3) is 18.3 Å². The van der Waals surface area contributed by atoms with Gasteiger partial charge in [-0.25, -0.2) is 5.84 Å². The quantitative estimate of drug-likeness (QED) is 0.0244. The Balaban J connectivity index is 2.74.